The maximum atomic E-state index is 4.30. The predicted molar refractivity (Wildman–Crippen MR) is 115 cm³/mol. The number of benzene rings is 4. The number of fused-ring (bicyclic) bond motifs is 1. The van der Waals surface area contributed by atoms with E-state index in [0.29, 0.717) is 0 Å². The van der Waals surface area contributed by atoms with Gasteiger partial charge in [0.1, 0.15) is 0 Å². The molecule has 0 bridgehead atoms. The van der Waals surface area contributed by atoms with Gasteiger partial charge in [0.25, 0.3) is 0 Å². The minimum Gasteiger partial charge on any atom is -0.326 e. The van der Waals surface area contributed by atoms with Crippen molar-refractivity contribution in [2.45, 2.75) is 6.04 Å². The summed E-state index contributed by atoms with van der Waals surface area (Å²) >= 11 is 0. The van der Waals surface area contributed by atoms with Gasteiger partial charge in [-0.25, -0.2) is 4.98 Å². The summed E-state index contributed by atoms with van der Waals surface area (Å²) < 4.78 is 2.18. The topological polar surface area (TPSA) is 17.8 Å². The van der Waals surface area contributed by atoms with Crippen molar-refractivity contribution in [3.63, 3.8) is 0 Å². The third kappa shape index (κ3) is 2.99. The van der Waals surface area contributed by atoms with Gasteiger partial charge in [0, 0.05) is 12.4 Å². The summed E-state index contributed by atoms with van der Waals surface area (Å²) in [4.78, 5) is 4.30. The summed E-state index contributed by atoms with van der Waals surface area (Å²) in [7, 11) is 0. The van der Waals surface area contributed by atoms with E-state index in [1.54, 1.807) is 0 Å². The van der Waals surface area contributed by atoms with Gasteiger partial charge in [0.05, 0.1) is 12.4 Å². The molecule has 1 heterocycles. The monoisotopic (exact) mass is 360 g/mol. The summed E-state index contributed by atoms with van der Waals surface area (Å²) in [6.07, 6.45) is 5.78. The second-order valence-corrected chi connectivity index (χ2v) is 6.97. The highest BCUT2D eigenvalue weighted by Crippen LogP contribution is 2.33. The average molecular weight is 360 g/mol. The van der Waals surface area contributed by atoms with E-state index in [1.165, 1.54) is 33.0 Å². The molecule has 0 fully saturated rings. The average Bonchev–Trinajstić information content (AvgIpc) is 3.30. The molecule has 5 rings (SSSR count). The fourth-order valence-electron chi connectivity index (χ4n) is 3.91. The van der Waals surface area contributed by atoms with E-state index in [1.807, 2.05) is 24.8 Å². The Morgan fingerprint density at radius 1 is 0.643 bits per heavy atom. The summed E-state index contributed by atoms with van der Waals surface area (Å²) in [5.74, 6) is 0. The van der Waals surface area contributed by atoms with E-state index in [2.05, 4.69) is 101 Å². The van der Waals surface area contributed by atoms with Crippen molar-refractivity contribution in [2.24, 2.45) is 0 Å². The van der Waals surface area contributed by atoms with Gasteiger partial charge in [0.2, 0.25) is 0 Å². The lowest BCUT2D eigenvalue weighted by Gasteiger charge is -2.22. The van der Waals surface area contributed by atoms with E-state index in [0.717, 1.165) is 0 Å². The maximum absolute atomic E-state index is 4.30. The van der Waals surface area contributed by atoms with Crippen LogP contribution in [0.4, 0.5) is 0 Å². The molecule has 1 unspecified atom stereocenters. The molecule has 2 nitrogen and oxygen atoms in total. The Kier molecular flexibility index (Phi) is 4.23. The van der Waals surface area contributed by atoms with Crippen molar-refractivity contribution >= 4 is 10.8 Å². The second-order valence-electron chi connectivity index (χ2n) is 6.97. The van der Waals surface area contributed by atoms with Gasteiger partial charge < -0.3 is 4.57 Å². The number of nitrogens with zero attached hydrogens (tertiary/aromatic N) is 2. The Bertz CT molecular complexity index is 1190. The van der Waals surface area contributed by atoms with E-state index < -0.39 is 0 Å². The molecule has 0 N–H and O–H groups in total. The van der Waals surface area contributed by atoms with E-state index >= 15 is 0 Å². The van der Waals surface area contributed by atoms with Crippen molar-refractivity contribution in [3.05, 3.63) is 127 Å². The van der Waals surface area contributed by atoms with Crippen LogP contribution >= 0.6 is 0 Å². The molecule has 5 aromatic rings. The van der Waals surface area contributed by atoms with Crippen LogP contribution in [0.15, 0.2) is 116 Å². The molecule has 0 aliphatic rings. The molecule has 2 heteroatoms. The normalized spacial score (nSPS) is 12.1. The molecule has 4 aromatic carbocycles. The number of rotatable bonds is 4. The van der Waals surface area contributed by atoms with E-state index in [4.69, 9.17) is 0 Å². The van der Waals surface area contributed by atoms with Crippen molar-refractivity contribution in [1.82, 2.24) is 9.55 Å². The van der Waals surface area contributed by atoms with Crippen LogP contribution in [0.3, 0.4) is 0 Å². The highest BCUT2D eigenvalue weighted by Gasteiger charge is 2.18. The van der Waals surface area contributed by atoms with Crippen LogP contribution in [0.25, 0.3) is 21.9 Å². The minimum atomic E-state index is 0.0819. The summed E-state index contributed by atoms with van der Waals surface area (Å²) in [6.45, 7) is 0. The molecule has 0 aliphatic heterocycles. The maximum Gasteiger partial charge on any atom is 0.0954 e. The molecule has 0 amide bonds. The van der Waals surface area contributed by atoms with Gasteiger partial charge >= 0.3 is 0 Å². The smallest absolute Gasteiger partial charge is 0.0954 e. The molecule has 1 atom stereocenters. The van der Waals surface area contributed by atoms with Gasteiger partial charge in [-0.2, -0.15) is 0 Å². The molecule has 0 radical (unpaired) electrons. The van der Waals surface area contributed by atoms with E-state index in [9.17, 15) is 0 Å². The van der Waals surface area contributed by atoms with Crippen molar-refractivity contribution < 1.29 is 0 Å². The van der Waals surface area contributed by atoms with Gasteiger partial charge in [0.15, 0.2) is 0 Å². The highest BCUT2D eigenvalue weighted by molar-refractivity contribution is 5.86. The second kappa shape index (κ2) is 7.16. The molecule has 28 heavy (non-hydrogen) atoms. The zero-order valence-corrected chi connectivity index (χ0v) is 15.4. The molecule has 0 saturated heterocycles. The molecule has 0 spiro atoms. The first-order chi connectivity index (χ1) is 13.9. The number of imidazole rings is 1. The van der Waals surface area contributed by atoms with Crippen LogP contribution in [0.2, 0.25) is 0 Å². The predicted octanol–water partition coefficient (Wildman–Crippen LogP) is 6.34. The van der Waals surface area contributed by atoms with Crippen LogP contribution in [0.1, 0.15) is 17.2 Å². The summed E-state index contributed by atoms with van der Waals surface area (Å²) in [5.41, 5.74) is 4.99. The first-order valence-electron chi connectivity index (χ1n) is 9.51. The molecule has 134 valence electrons. The molecule has 1 aromatic heterocycles. The number of hydrogen-bond acceptors (Lipinski definition) is 1. The Hall–Kier alpha value is -3.65. The van der Waals surface area contributed by atoms with Crippen molar-refractivity contribution in [2.75, 3.05) is 0 Å². The number of hydrogen-bond donors (Lipinski definition) is 0. The SMILES string of the molecule is c1ccc(-c2ccc(C(c3cccc4ccccc34)n3ccnc3)cc2)cc1. The Morgan fingerprint density at radius 2 is 1.36 bits per heavy atom. The fraction of sp³-hybridized carbons (Fsp3) is 0.0385. The Morgan fingerprint density at radius 3 is 2.14 bits per heavy atom. The first kappa shape index (κ1) is 16.5. The van der Waals surface area contributed by atoms with E-state index in [-0.39, 0.29) is 6.04 Å². The third-order valence-corrected chi connectivity index (χ3v) is 5.27. The number of aromatic nitrogens is 2. The lowest BCUT2D eigenvalue weighted by atomic mass is 9.92. The van der Waals surface area contributed by atoms with Crippen molar-refractivity contribution in [3.8, 4) is 11.1 Å². The van der Waals surface area contributed by atoms with Gasteiger partial charge in [-0.05, 0) is 33.0 Å². The van der Waals surface area contributed by atoms with Crippen LogP contribution in [0, 0.1) is 0 Å². The van der Waals surface area contributed by atoms with Crippen LogP contribution in [-0.4, -0.2) is 9.55 Å². The lowest BCUT2D eigenvalue weighted by molar-refractivity contribution is 0.681. The third-order valence-electron chi connectivity index (χ3n) is 5.27. The van der Waals surface area contributed by atoms with Gasteiger partial charge in [-0.3, -0.25) is 0 Å². The zero-order chi connectivity index (χ0) is 18.8. The Balaban J connectivity index is 1.64. The largest absolute Gasteiger partial charge is 0.326 e. The molecular weight excluding hydrogens is 340 g/mol. The van der Waals surface area contributed by atoms with Crippen LogP contribution in [-0.2, 0) is 0 Å². The summed E-state index contributed by atoms with van der Waals surface area (Å²) in [6, 6.07) is 34.5. The standard InChI is InChI=1S/C26H20N2/c1-2-7-20(8-3-1)21-13-15-23(16-14-21)26(28-18-17-27-19-28)25-12-6-10-22-9-4-5-11-24(22)25/h1-19,26H. The van der Waals surface area contributed by atoms with Gasteiger partial charge in [-0.15, -0.1) is 0 Å². The minimum absolute atomic E-state index is 0.0819. The molecule has 0 saturated carbocycles. The highest BCUT2D eigenvalue weighted by atomic mass is 15.1. The lowest BCUT2D eigenvalue weighted by Crippen LogP contribution is -2.11. The Labute approximate surface area is 164 Å². The van der Waals surface area contributed by atoms with Crippen LogP contribution in [0.5, 0.6) is 0 Å². The first-order valence-corrected chi connectivity index (χ1v) is 9.51. The zero-order valence-electron chi connectivity index (χ0n) is 15.4. The quantitative estimate of drug-likeness (QED) is 0.365. The van der Waals surface area contributed by atoms with Crippen LogP contribution < -0.4 is 0 Å². The summed E-state index contributed by atoms with van der Waals surface area (Å²) in [5, 5.41) is 2.53. The van der Waals surface area contributed by atoms with Crippen molar-refractivity contribution in [1.29, 1.82) is 0 Å². The fourth-order valence-corrected chi connectivity index (χ4v) is 3.91. The van der Waals surface area contributed by atoms with Gasteiger partial charge in [-0.1, -0.05) is 97.1 Å². The molecule has 0 aliphatic carbocycles. The molecular formula is C26H20N2.